The summed E-state index contributed by atoms with van der Waals surface area (Å²) in [5, 5.41) is 3.42. The number of nitrogens with zero attached hydrogens (tertiary/aromatic N) is 2. The molecule has 7 nitrogen and oxygen atoms in total. The number of halogens is 1. The number of imidazole rings is 1. The van der Waals surface area contributed by atoms with Crippen LogP contribution in [-0.4, -0.2) is 28.1 Å². The van der Waals surface area contributed by atoms with Gasteiger partial charge in [-0.2, -0.15) is 0 Å². The van der Waals surface area contributed by atoms with E-state index in [0.717, 1.165) is 16.6 Å². The number of methoxy groups -OCH3 is 1. The van der Waals surface area contributed by atoms with Crippen LogP contribution < -0.4 is 11.0 Å². The summed E-state index contributed by atoms with van der Waals surface area (Å²) >= 11 is 5.92. The maximum absolute atomic E-state index is 12.6. The Morgan fingerprint density at radius 3 is 2.41 bits per heavy atom. The van der Waals surface area contributed by atoms with Gasteiger partial charge in [0.15, 0.2) is 0 Å². The number of carbonyl (C=O) groups excluding carboxylic acids is 2. The first-order chi connectivity index (χ1) is 13.9. The average Bonchev–Trinajstić information content (AvgIpc) is 2.97. The minimum Gasteiger partial charge on any atom is -0.469 e. The zero-order chi connectivity index (χ0) is 21.0. The van der Waals surface area contributed by atoms with E-state index in [9.17, 15) is 14.4 Å². The number of esters is 1. The van der Waals surface area contributed by atoms with E-state index in [2.05, 4.69) is 5.32 Å². The number of aromatic nitrogens is 2. The van der Waals surface area contributed by atoms with Crippen LogP contribution in [0.1, 0.15) is 24.4 Å². The number of amides is 1. The molecule has 0 fully saturated rings. The highest BCUT2D eigenvalue weighted by molar-refractivity contribution is 6.30. The van der Waals surface area contributed by atoms with E-state index < -0.39 is 12.0 Å². The minimum atomic E-state index is -0.545. The predicted octanol–water partition coefficient (Wildman–Crippen LogP) is 2.80. The van der Waals surface area contributed by atoms with Crippen molar-refractivity contribution in [2.75, 3.05) is 7.11 Å². The molecule has 3 aromatic rings. The third kappa shape index (κ3) is 4.68. The third-order valence-corrected chi connectivity index (χ3v) is 5.07. The molecule has 0 radical (unpaired) electrons. The van der Waals surface area contributed by atoms with Crippen LogP contribution in [0.4, 0.5) is 0 Å². The van der Waals surface area contributed by atoms with Crippen molar-refractivity contribution in [3.8, 4) is 0 Å². The molecule has 0 aliphatic carbocycles. The first kappa shape index (κ1) is 20.7. The smallest absolute Gasteiger partial charge is 0.328 e. The number of hydrogen-bond acceptors (Lipinski definition) is 4. The Hall–Kier alpha value is -3.06. The second-order valence-corrected chi connectivity index (χ2v) is 7.12. The molecule has 1 atom stereocenters. The molecular weight excluding hydrogens is 394 g/mol. The monoisotopic (exact) mass is 415 g/mol. The number of hydrogen-bond donors (Lipinski definition) is 1. The van der Waals surface area contributed by atoms with Gasteiger partial charge >= 0.3 is 11.7 Å². The number of aryl methyl sites for hydroxylation is 2. The summed E-state index contributed by atoms with van der Waals surface area (Å²) in [6, 6.07) is 13.8. The summed E-state index contributed by atoms with van der Waals surface area (Å²) in [4.78, 5) is 36.8. The van der Waals surface area contributed by atoms with Crippen molar-refractivity contribution in [3.05, 3.63) is 69.6 Å². The Morgan fingerprint density at radius 2 is 1.76 bits per heavy atom. The quantitative estimate of drug-likeness (QED) is 0.601. The van der Waals surface area contributed by atoms with Gasteiger partial charge in [-0.3, -0.25) is 18.7 Å². The van der Waals surface area contributed by atoms with E-state index in [1.807, 2.05) is 24.3 Å². The maximum Gasteiger partial charge on any atom is 0.328 e. The van der Waals surface area contributed by atoms with Gasteiger partial charge in [0.25, 0.3) is 0 Å². The van der Waals surface area contributed by atoms with Crippen molar-refractivity contribution in [1.29, 1.82) is 0 Å². The second-order valence-electron chi connectivity index (χ2n) is 6.68. The van der Waals surface area contributed by atoms with Crippen molar-refractivity contribution in [2.45, 2.75) is 25.4 Å². The Morgan fingerprint density at radius 1 is 1.10 bits per heavy atom. The molecule has 0 unspecified atom stereocenters. The molecule has 29 heavy (non-hydrogen) atoms. The molecule has 1 amide bonds. The van der Waals surface area contributed by atoms with Crippen LogP contribution >= 0.6 is 11.6 Å². The number of benzene rings is 2. The Bertz CT molecular complexity index is 1090. The van der Waals surface area contributed by atoms with E-state index >= 15 is 0 Å². The van der Waals surface area contributed by atoms with Gasteiger partial charge in [0.1, 0.15) is 0 Å². The van der Waals surface area contributed by atoms with Crippen molar-refractivity contribution >= 4 is 34.5 Å². The van der Waals surface area contributed by atoms with Gasteiger partial charge in [-0.05, 0) is 29.8 Å². The Balaban J connectivity index is 1.74. The van der Waals surface area contributed by atoms with Crippen molar-refractivity contribution in [1.82, 2.24) is 14.5 Å². The van der Waals surface area contributed by atoms with Crippen LogP contribution in [0.25, 0.3) is 11.0 Å². The Kier molecular flexibility index (Phi) is 6.39. The molecule has 1 heterocycles. The zero-order valence-corrected chi connectivity index (χ0v) is 17.0. The van der Waals surface area contributed by atoms with Crippen molar-refractivity contribution in [3.63, 3.8) is 0 Å². The van der Waals surface area contributed by atoms with Gasteiger partial charge in [-0.15, -0.1) is 0 Å². The molecule has 0 aliphatic heterocycles. The summed E-state index contributed by atoms with van der Waals surface area (Å²) in [5.74, 6) is -0.704. The van der Waals surface area contributed by atoms with E-state index in [0.29, 0.717) is 5.02 Å². The standard InChI is InChI=1S/C21H22ClN3O4/c1-24-17-5-3-4-6-18(17)25(21(24)28)12-11-19(26)23-16(13-20(27)29-2)14-7-9-15(22)10-8-14/h3-10,16H,11-13H2,1-2H3,(H,23,26)/t16-/m0/s1. The fourth-order valence-electron chi connectivity index (χ4n) is 3.26. The lowest BCUT2D eigenvalue weighted by Crippen LogP contribution is -2.32. The highest BCUT2D eigenvalue weighted by Crippen LogP contribution is 2.20. The normalized spacial score (nSPS) is 12.0. The molecule has 0 bridgehead atoms. The molecule has 0 saturated carbocycles. The third-order valence-electron chi connectivity index (χ3n) is 4.82. The largest absolute Gasteiger partial charge is 0.469 e. The van der Waals surface area contributed by atoms with E-state index in [1.54, 1.807) is 40.4 Å². The lowest BCUT2D eigenvalue weighted by Gasteiger charge is -2.18. The molecule has 8 heteroatoms. The summed E-state index contributed by atoms with van der Waals surface area (Å²) < 4.78 is 7.87. The average molecular weight is 416 g/mol. The molecule has 3 rings (SSSR count). The topological polar surface area (TPSA) is 82.3 Å². The van der Waals surface area contributed by atoms with Crippen LogP contribution in [-0.2, 0) is 27.9 Å². The fraction of sp³-hybridized carbons (Fsp3) is 0.286. The van der Waals surface area contributed by atoms with E-state index in [1.165, 1.54) is 7.11 Å². The van der Waals surface area contributed by atoms with Crippen LogP contribution in [0.15, 0.2) is 53.3 Å². The summed E-state index contributed by atoms with van der Waals surface area (Å²) in [6.07, 6.45) is 0.0945. The molecule has 0 spiro atoms. The maximum atomic E-state index is 12.6. The molecule has 0 aliphatic rings. The second kappa shape index (κ2) is 8.96. The molecule has 1 aromatic heterocycles. The number of nitrogens with one attached hydrogen (secondary N) is 1. The first-order valence-corrected chi connectivity index (χ1v) is 9.54. The lowest BCUT2D eigenvalue weighted by molar-refractivity contribution is -0.141. The molecular formula is C21H22ClN3O4. The van der Waals surface area contributed by atoms with Gasteiger partial charge in [0, 0.05) is 25.0 Å². The SMILES string of the molecule is COC(=O)C[C@H](NC(=O)CCn1c(=O)n(C)c2ccccc21)c1ccc(Cl)cc1. The molecule has 2 aromatic carbocycles. The molecule has 1 N–H and O–H groups in total. The fourth-order valence-corrected chi connectivity index (χ4v) is 3.38. The van der Waals surface area contributed by atoms with E-state index in [4.69, 9.17) is 16.3 Å². The molecule has 0 saturated heterocycles. The van der Waals surface area contributed by atoms with Crippen LogP contribution in [0.3, 0.4) is 0 Å². The summed E-state index contributed by atoms with van der Waals surface area (Å²) in [7, 11) is 3.00. The number of ether oxygens (including phenoxy) is 1. The lowest BCUT2D eigenvalue weighted by atomic mass is 10.0. The highest BCUT2D eigenvalue weighted by atomic mass is 35.5. The number of rotatable bonds is 7. The van der Waals surface area contributed by atoms with Gasteiger partial charge in [0.2, 0.25) is 5.91 Å². The van der Waals surface area contributed by atoms with Crippen molar-refractivity contribution < 1.29 is 14.3 Å². The minimum absolute atomic E-state index is 0.00190. The predicted molar refractivity (Wildman–Crippen MR) is 111 cm³/mol. The van der Waals surface area contributed by atoms with Crippen molar-refractivity contribution in [2.24, 2.45) is 7.05 Å². The Labute approximate surface area is 172 Å². The first-order valence-electron chi connectivity index (χ1n) is 9.16. The number of para-hydroxylation sites is 2. The van der Waals surface area contributed by atoms with Crippen LogP contribution in [0, 0.1) is 0 Å². The summed E-state index contributed by atoms with van der Waals surface area (Å²) in [6.45, 7) is 0.234. The number of fused-ring (bicyclic) bond motifs is 1. The summed E-state index contributed by atoms with van der Waals surface area (Å²) in [5.41, 5.74) is 2.15. The highest BCUT2D eigenvalue weighted by Gasteiger charge is 2.19. The van der Waals surface area contributed by atoms with Gasteiger partial charge < -0.3 is 10.1 Å². The van der Waals surface area contributed by atoms with Crippen LogP contribution in [0.5, 0.6) is 0 Å². The zero-order valence-electron chi connectivity index (χ0n) is 16.2. The number of carbonyl (C=O) groups is 2. The van der Waals surface area contributed by atoms with E-state index in [-0.39, 0.29) is 31.0 Å². The van der Waals surface area contributed by atoms with Gasteiger partial charge in [-0.25, -0.2) is 4.79 Å². The molecule has 152 valence electrons. The van der Waals surface area contributed by atoms with Crippen LogP contribution in [0.2, 0.25) is 5.02 Å². The van der Waals surface area contributed by atoms with Gasteiger partial charge in [0.05, 0.1) is 30.6 Å². The van der Waals surface area contributed by atoms with Gasteiger partial charge in [-0.1, -0.05) is 35.9 Å².